The Morgan fingerprint density at radius 1 is 0.469 bits per heavy atom. The molecule has 3 heteroatoms. The second-order valence-corrected chi connectivity index (χ2v) is 8.08. The summed E-state index contributed by atoms with van der Waals surface area (Å²) in [6, 6.07) is 38.2. The lowest BCUT2D eigenvalue weighted by Crippen LogP contribution is -2.11. The highest BCUT2D eigenvalue weighted by Crippen LogP contribution is 2.45. The first-order valence-corrected chi connectivity index (χ1v) is 10.9. The molecule has 2 N–H and O–H groups in total. The third-order valence-corrected chi connectivity index (χ3v) is 6.15. The third-order valence-electron chi connectivity index (χ3n) is 6.15. The van der Waals surface area contributed by atoms with Crippen LogP contribution < -0.4 is 4.90 Å². The van der Waals surface area contributed by atoms with Crippen LogP contribution in [0.5, 0.6) is 0 Å². The molecule has 2 heterocycles. The minimum absolute atomic E-state index is 1.12. The van der Waals surface area contributed by atoms with Gasteiger partial charge in [0.05, 0.1) is 22.8 Å². The van der Waals surface area contributed by atoms with E-state index in [1.165, 1.54) is 33.3 Å². The van der Waals surface area contributed by atoms with E-state index < -0.39 is 0 Å². The molecule has 4 aromatic carbocycles. The number of nitrogens with zero attached hydrogens (tertiary/aromatic N) is 1. The molecule has 0 unspecified atom stereocenters. The number of nitrogens with one attached hydrogen (secondary N) is 2. The molecule has 0 aliphatic rings. The molecular formula is C29H23N3. The number of hydrogen-bond acceptors (Lipinski definition) is 1. The number of aromatic nitrogens is 2. The molecule has 6 aromatic rings. The van der Waals surface area contributed by atoms with Crippen molar-refractivity contribution in [3.8, 4) is 22.5 Å². The SMILES string of the molecule is CN(c1c(-c2ccccc2)[nH]c2ccccc12)c1c(-c2ccccc2)[nH]c2ccccc12. The van der Waals surface area contributed by atoms with Crippen LogP contribution >= 0.6 is 0 Å². The van der Waals surface area contributed by atoms with Crippen molar-refractivity contribution in [2.24, 2.45) is 0 Å². The Bertz CT molecular complexity index is 1410. The van der Waals surface area contributed by atoms with Gasteiger partial charge in [0.2, 0.25) is 0 Å². The minimum atomic E-state index is 1.12. The van der Waals surface area contributed by atoms with E-state index >= 15 is 0 Å². The van der Waals surface area contributed by atoms with Crippen LogP contribution in [-0.4, -0.2) is 17.0 Å². The first kappa shape index (κ1) is 18.5. The molecule has 0 bridgehead atoms. The highest BCUT2D eigenvalue weighted by Gasteiger charge is 2.23. The number of H-pyrrole nitrogens is 2. The van der Waals surface area contributed by atoms with Crippen LogP contribution in [0.15, 0.2) is 109 Å². The average molecular weight is 414 g/mol. The maximum Gasteiger partial charge on any atom is 0.0748 e. The molecule has 0 spiro atoms. The van der Waals surface area contributed by atoms with Gasteiger partial charge in [0.15, 0.2) is 0 Å². The van der Waals surface area contributed by atoms with Crippen molar-refractivity contribution < 1.29 is 0 Å². The number of aromatic amines is 2. The largest absolute Gasteiger partial charge is 0.353 e. The monoisotopic (exact) mass is 413 g/mol. The highest BCUT2D eigenvalue weighted by atomic mass is 15.1. The summed E-state index contributed by atoms with van der Waals surface area (Å²) in [5, 5.41) is 2.41. The summed E-state index contributed by atoms with van der Waals surface area (Å²) in [4.78, 5) is 9.69. The highest BCUT2D eigenvalue weighted by molar-refractivity contribution is 6.09. The lowest BCUT2D eigenvalue weighted by Gasteiger charge is -2.22. The van der Waals surface area contributed by atoms with Gasteiger partial charge in [-0.05, 0) is 12.1 Å². The zero-order valence-electron chi connectivity index (χ0n) is 17.8. The van der Waals surface area contributed by atoms with Crippen molar-refractivity contribution in [3.05, 3.63) is 109 Å². The van der Waals surface area contributed by atoms with Gasteiger partial charge in [0.25, 0.3) is 0 Å². The van der Waals surface area contributed by atoms with Crippen LogP contribution in [-0.2, 0) is 0 Å². The van der Waals surface area contributed by atoms with Crippen molar-refractivity contribution in [3.63, 3.8) is 0 Å². The van der Waals surface area contributed by atoms with E-state index in [-0.39, 0.29) is 0 Å². The quantitative estimate of drug-likeness (QED) is 0.304. The normalized spacial score (nSPS) is 11.3. The maximum absolute atomic E-state index is 3.68. The summed E-state index contributed by atoms with van der Waals surface area (Å²) >= 11 is 0. The molecule has 0 aliphatic heterocycles. The van der Waals surface area contributed by atoms with Crippen LogP contribution in [0.25, 0.3) is 44.3 Å². The fourth-order valence-electron chi connectivity index (χ4n) is 4.69. The minimum Gasteiger partial charge on any atom is -0.353 e. The fourth-order valence-corrected chi connectivity index (χ4v) is 4.69. The topological polar surface area (TPSA) is 34.8 Å². The first-order valence-electron chi connectivity index (χ1n) is 10.9. The van der Waals surface area contributed by atoms with Crippen LogP contribution in [0.2, 0.25) is 0 Å². The lowest BCUT2D eigenvalue weighted by molar-refractivity contribution is 1.23. The van der Waals surface area contributed by atoms with Gasteiger partial charge >= 0.3 is 0 Å². The Hall–Kier alpha value is -4.24. The maximum atomic E-state index is 3.68. The summed E-state index contributed by atoms with van der Waals surface area (Å²) in [6.45, 7) is 0. The third kappa shape index (κ3) is 2.90. The predicted molar refractivity (Wildman–Crippen MR) is 136 cm³/mol. The zero-order valence-corrected chi connectivity index (χ0v) is 17.8. The van der Waals surface area contributed by atoms with E-state index in [1.807, 2.05) is 0 Å². The molecular weight excluding hydrogens is 390 g/mol. The number of benzene rings is 4. The standard InChI is InChI=1S/C29H23N3/c1-32(28-22-16-8-10-18-24(22)30-26(28)20-12-4-2-5-13-20)29-23-17-9-11-19-25(23)31-27(29)21-14-6-3-7-15-21/h2-19,30-31H,1H3. The van der Waals surface area contributed by atoms with Gasteiger partial charge in [-0.15, -0.1) is 0 Å². The number of anilines is 2. The van der Waals surface area contributed by atoms with E-state index in [0.29, 0.717) is 0 Å². The van der Waals surface area contributed by atoms with Gasteiger partial charge < -0.3 is 14.9 Å². The predicted octanol–water partition coefficient (Wildman–Crippen LogP) is 7.75. The fraction of sp³-hybridized carbons (Fsp3) is 0.0345. The van der Waals surface area contributed by atoms with Crippen molar-refractivity contribution in [2.75, 3.05) is 11.9 Å². The molecule has 154 valence electrons. The van der Waals surface area contributed by atoms with E-state index in [1.54, 1.807) is 0 Å². The molecule has 0 radical (unpaired) electrons. The Balaban J connectivity index is 1.65. The Kier molecular flexibility index (Phi) is 4.32. The van der Waals surface area contributed by atoms with Gasteiger partial charge in [-0.25, -0.2) is 0 Å². The summed E-state index contributed by atoms with van der Waals surface area (Å²) in [5.74, 6) is 0. The van der Waals surface area contributed by atoms with Crippen molar-refractivity contribution in [1.29, 1.82) is 0 Å². The van der Waals surface area contributed by atoms with Crippen LogP contribution in [0.3, 0.4) is 0 Å². The summed E-state index contributed by atoms with van der Waals surface area (Å²) in [6.07, 6.45) is 0. The Morgan fingerprint density at radius 2 is 0.844 bits per heavy atom. The number of fused-ring (bicyclic) bond motifs is 2. The first-order chi connectivity index (χ1) is 15.8. The smallest absolute Gasteiger partial charge is 0.0748 e. The van der Waals surface area contributed by atoms with Crippen molar-refractivity contribution in [1.82, 2.24) is 9.97 Å². The van der Waals surface area contributed by atoms with E-state index in [0.717, 1.165) is 22.4 Å². The van der Waals surface area contributed by atoms with Crippen molar-refractivity contribution in [2.45, 2.75) is 0 Å². The van der Waals surface area contributed by atoms with Gasteiger partial charge in [-0.2, -0.15) is 0 Å². The van der Waals surface area contributed by atoms with Crippen LogP contribution in [0.4, 0.5) is 11.4 Å². The second kappa shape index (κ2) is 7.47. The molecule has 0 aliphatic carbocycles. The van der Waals surface area contributed by atoms with E-state index in [4.69, 9.17) is 0 Å². The van der Waals surface area contributed by atoms with Gasteiger partial charge in [0, 0.05) is 40.0 Å². The van der Waals surface area contributed by atoms with Crippen LogP contribution in [0.1, 0.15) is 0 Å². The zero-order chi connectivity index (χ0) is 21.5. The van der Waals surface area contributed by atoms with Crippen molar-refractivity contribution >= 4 is 33.2 Å². The molecule has 0 fully saturated rings. The van der Waals surface area contributed by atoms with Gasteiger partial charge in [-0.3, -0.25) is 0 Å². The molecule has 0 amide bonds. The number of para-hydroxylation sites is 2. The average Bonchev–Trinajstić information content (AvgIpc) is 3.44. The van der Waals surface area contributed by atoms with Gasteiger partial charge in [-0.1, -0.05) is 97.1 Å². The number of hydrogen-bond donors (Lipinski definition) is 2. The summed E-state index contributed by atoms with van der Waals surface area (Å²) < 4.78 is 0. The number of rotatable bonds is 4. The molecule has 0 saturated carbocycles. The Labute approximate surface area is 187 Å². The molecule has 0 saturated heterocycles. The lowest BCUT2D eigenvalue weighted by atomic mass is 10.1. The second-order valence-electron chi connectivity index (χ2n) is 8.08. The summed E-state index contributed by atoms with van der Waals surface area (Å²) in [5.41, 5.74) is 9.21. The molecule has 3 nitrogen and oxygen atoms in total. The molecule has 6 rings (SSSR count). The molecule has 2 aromatic heterocycles. The summed E-state index contributed by atoms with van der Waals surface area (Å²) in [7, 11) is 2.17. The van der Waals surface area contributed by atoms with Crippen LogP contribution in [0, 0.1) is 0 Å². The van der Waals surface area contributed by atoms with E-state index in [9.17, 15) is 0 Å². The molecule has 0 atom stereocenters. The van der Waals surface area contributed by atoms with E-state index in [2.05, 4.69) is 131 Å². The van der Waals surface area contributed by atoms with Gasteiger partial charge in [0.1, 0.15) is 0 Å². The Morgan fingerprint density at radius 3 is 1.28 bits per heavy atom. The molecule has 32 heavy (non-hydrogen) atoms.